The zero-order valence-corrected chi connectivity index (χ0v) is 24.5. The number of benzene rings is 3. The Balaban J connectivity index is 1.14. The first-order valence-electron chi connectivity index (χ1n) is 13.9. The Morgan fingerprint density at radius 3 is 2.39 bits per heavy atom. The topological polar surface area (TPSA) is 82.5 Å². The van der Waals surface area contributed by atoms with Crippen LogP contribution >= 0.6 is 11.3 Å². The van der Waals surface area contributed by atoms with E-state index in [4.69, 9.17) is 23.9 Å². The van der Waals surface area contributed by atoms with Crippen LogP contribution in [-0.2, 0) is 0 Å². The van der Waals surface area contributed by atoms with Gasteiger partial charge in [-0.05, 0) is 55.7 Å². The SMILES string of the molecule is CCCCN1CC=Nc2cc(OCCCCOc3ccc(-c4nc5ccccc5s4)cc3OC)c(OC)cc2C1=O. The van der Waals surface area contributed by atoms with Crippen molar-refractivity contribution < 1.29 is 23.7 Å². The van der Waals surface area contributed by atoms with Crippen molar-refractivity contribution in [1.29, 1.82) is 0 Å². The van der Waals surface area contributed by atoms with Crippen LogP contribution in [0.25, 0.3) is 20.8 Å². The maximum Gasteiger partial charge on any atom is 0.256 e. The Kier molecular flexibility index (Phi) is 9.36. The van der Waals surface area contributed by atoms with Gasteiger partial charge in [0, 0.05) is 24.4 Å². The maximum atomic E-state index is 13.1. The highest BCUT2D eigenvalue weighted by Gasteiger charge is 2.23. The molecule has 0 N–H and O–H groups in total. The second-order valence-electron chi connectivity index (χ2n) is 9.69. The van der Waals surface area contributed by atoms with Crippen LogP contribution in [-0.4, -0.2) is 62.5 Å². The van der Waals surface area contributed by atoms with E-state index in [0.717, 1.165) is 46.5 Å². The van der Waals surface area contributed by atoms with Gasteiger partial charge in [0.15, 0.2) is 23.0 Å². The molecular formula is C32H35N3O5S. The van der Waals surface area contributed by atoms with Crippen LogP contribution < -0.4 is 18.9 Å². The van der Waals surface area contributed by atoms with Gasteiger partial charge in [0.25, 0.3) is 5.91 Å². The number of para-hydroxylation sites is 1. The number of fused-ring (bicyclic) bond motifs is 2. The van der Waals surface area contributed by atoms with Gasteiger partial charge in [0.05, 0.1) is 55.4 Å². The van der Waals surface area contributed by atoms with Gasteiger partial charge in [-0.15, -0.1) is 11.3 Å². The van der Waals surface area contributed by atoms with E-state index in [9.17, 15) is 4.79 Å². The number of carbonyl (C=O) groups is 1. The fourth-order valence-corrected chi connectivity index (χ4v) is 5.58. The molecule has 1 aliphatic rings. The summed E-state index contributed by atoms with van der Waals surface area (Å²) in [7, 11) is 3.23. The van der Waals surface area contributed by atoms with Gasteiger partial charge in [-0.1, -0.05) is 25.5 Å². The Morgan fingerprint density at radius 2 is 1.63 bits per heavy atom. The normalized spacial score (nSPS) is 12.8. The van der Waals surface area contributed by atoms with Crippen molar-refractivity contribution in [3.63, 3.8) is 0 Å². The minimum absolute atomic E-state index is 0.0310. The van der Waals surface area contributed by atoms with Gasteiger partial charge in [0.1, 0.15) is 5.01 Å². The zero-order valence-electron chi connectivity index (χ0n) is 23.7. The van der Waals surface area contributed by atoms with Crippen molar-refractivity contribution in [2.45, 2.75) is 32.6 Å². The van der Waals surface area contributed by atoms with Crippen molar-refractivity contribution in [3.8, 4) is 33.6 Å². The number of unbranched alkanes of at least 4 members (excludes halogenated alkanes) is 2. The first-order valence-corrected chi connectivity index (χ1v) is 14.8. The Hall–Kier alpha value is -4.11. The minimum Gasteiger partial charge on any atom is -0.493 e. The molecule has 0 unspecified atom stereocenters. The Morgan fingerprint density at radius 1 is 0.878 bits per heavy atom. The molecule has 0 bridgehead atoms. The molecule has 0 saturated heterocycles. The van der Waals surface area contributed by atoms with Crippen LogP contribution in [0.15, 0.2) is 59.6 Å². The quantitative estimate of drug-likeness (QED) is 0.158. The van der Waals surface area contributed by atoms with Crippen molar-refractivity contribution in [2.75, 3.05) is 40.5 Å². The molecule has 8 nitrogen and oxygen atoms in total. The molecule has 5 rings (SSSR count). The molecule has 41 heavy (non-hydrogen) atoms. The monoisotopic (exact) mass is 573 g/mol. The van der Waals surface area contributed by atoms with Gasteiger partial charge in [0.2, 0.25) is 0 Å². The van der Waals surface area contributed by atoms with Crippen molar-refractivity contribution >= 4 is 39.4 Å². The van der Waals surface area contributed by atoms with Crippen LogP contribution in [0.5, 0.6) is 23.0 Å². The molecule has 1 aromatic heterocycles. The molecule has 0 aliphatic carbocycles. The van der Waals surface area contributed by atoms with Crippen LogP contribution in [0.2, 0.25) is 0 Å². The molecule has 3 aromatic carbocycles. The van der Waals surface area contributed by atoms with E-state index in [1.807, 2.05) is 41.3 Å². The number of amides is 1. The van der Waals surface area contributed by atoms with Gasteiger partial charge in [-0.3, -0.25) is 9.79 Å². The predicted molar refractivity (Wildman–Crippen MR) is 164 cm³/mol. The van der Waals surface area contributed by atoms with Crippen molar-refractivity contribution in [1.82, 2.24) is 9.88 Å². The number of hydrogen-bond acceptors (Lipinski definition) is 8. The number of ether oxygens (including phenoxy) is 4. The third kappa shape index (κ3) is 6.62. The van der Waals surface area contributed by atoms with Crippen LogP contribution in [0.4, 0.5) is 5.69 Å². The lowest BCUT2D eigenvalue weighted by atomic mass is 10.1. The van der Waals surface area contributed by atoms with Gasteiger partial charge in [-0.25, -0.2) is 4.98 Å². The fourth-order valence-electron chi connectivity index (χ4n) is 4.62. The number of methoxy groups -OCH3 is 2. The highest BCUT2D eigenvalue weighted by molar-refractivity contribution is 7.21. The summed E-state index contributed by atoms with van der Waals surface area (Å²) in [5, 5.41) is 0.949. The summed E-state index contributed by atoms with van der Waals surface area (Å²) >= 11 is 1.66. The predicted octanol–water partition coefficient (Wildman–Crippen LogP) is 7.18. The third-order valence-corrected chi connectivity index (χ3v) is 7.96. The number of aliphatic imine (C=N–C) groups is 1. The van der Waals surface area contributed by atoms with E-state index in [1.165, 1.54) is 0 Å². The lowest BCUT2D eigenvalue weighted by Gasteiger charge is -2.20. The fraction of sp³-hybridized carbons (Fsp3) is 0.344. The first kappa shape index (κ1) is 28.4. The third-order valence-electron chi connectivity index (χ3n) is 6.87. The van der Waals surface area contributed by atoms with E-state index in [2.05, 4.69) is 18.0 Å². The molecule has 214 valence electrons. The number of rotatable bonds is 13. The summed E-state index contributed by atoms with van der Waals surface area (Å²) in [5.74, 6) is 2.44. The number of carbonyl (C=O) groups excluding carboxylic acids is 1. The second-order valence-corrected chi connectivity index (χ2v) is 10.7. The van der Waals surface area contributed by atoms with Crippen LogP contribution in [0, 0.1) is 0 Å². The lowest BCUT2D eigenvalue weighted by Crippen LogP contribution is -2.32. The van der Waals surface area contributed by atoms with E-state index in [0.29, 0.717) is 60.6 Å². The summed E-state index contributed by atoms with van der Waals surface area (Å²) in [6.45, 7) is 4.33. The number of thiazole rings is 1. The van der Waals surface area contributed by atoms with E-state index >= 15 is 0 Å². The second kappa shape index (κ2) is 13.5. The first-order chi connectivity index (χ1) is 20.1. The average molecular weight is 574 g/mol. The Labute approximate surface area is 244 Å². The molecule has 0 fully saturated rings. The molecule has 2 heterocycles. The van der Waals surface area contributed by atoms with Gasteiger partial charge in [-0.2, -0.15) is 0 Å². The van der Waals surface area contributed by atoms with E-state index < -0.39 is 0 Å². The molecule has 1 amide bonds. The molecule has 0 radical (unpaired) electrons. The summed E-state index contributed by atoms with van der Waals surface area (Å²) in [5.41, 5.74) is 3.14. The Bertz CT molecular complexity index is 1500. The summed E-state index contributed by atoms with van der Waals surface area (Å²) in [6.07, 6.45) is 5.34. The highest BCUT2D eigenvalue weighted by atomic mass is 32.1. The van der Waals surface area contributed by atoms with E-state index in [-0.39, 0.29) is 5.91 Å². The summed E-state index contributed by atoms with van der Waals surface area (Å²) in [6, 6.07) is 17.6. The molecule has 9 heteroatoms. The average Bonchev–Trinajstić information content (AvgIpc) is 3.38. The number of aromatic nitrogens is 1. The molecule has 0 atom stereocenters. The van der Waals surface area contributed by atoms with E-state index in [1.54, 1.807) is 43.9 Å². The molecule has 4 aromatic rings. The number of hydrogen-bond donors (Lipinski definition) is 0. The maximum absolute atomic E-state index is 13.1. The highest BCUT2D eigenvalue weighted by Crippen LogP contribution is 2.37. The molecule has 0 saturated carbocycles. The molecule has 1 aliphatic heterocycles. The minimum atomic E-state index is -0.0310. The molecule has 0 spiro atoms. The smallest absolute Gasteiger partial charge is 0.256 e. The largest absolute Gasteiger partial charge is 0.493 e. The standard InChI is InChI=1S/C32H35N3O5S/c1-4-5-15-35-16-14-33-25-21-29(28(38-3)20-23(25)32(35)36)40-18-9-8-17-39-26-13-12-22(19-27(26)37-2)31-34-24-10-6-7-11-30(24)41-31/h6-7,10-14,19-21H,4-5,8-9,15-18H2,1-3H3. The van der Waals surface area contributed by atoms with Gasteiger partial charge < -0.3 is 23.8 Å². The van der Waals surface area contributed by atoms with Gasteiger partial charge >= 0.3 is 0 Å². The lowest BCUT2D eigenvalue weighted by molar-refractivity contribution is 0.0781. The summed E-state index contributed by atoms with van der Waals surface area (Å²) in [4.78, 5) is 24.1. The van der Waals surface area contributed by atoms with Crippen LogP contribution in [0.1, 0.15) is 43.0 Å². The summed E-state index contributed by atoms with van der Waals surface area (Å²) < 4.78 is 24.4. The zero-order chi connectivity index (χ0) is 28.6. The van der Waals surface area contributed by atoms with Crippen molar-refractivity contribution in [2.24, 2.45) is 4.99 Å². The van der Waals surface area contributed by atoms with Crippen molar-refractivity contribution in [3.05, 3.63) is 60.2 Å². The number of nitrogens with zero attached hydrogens (tertiary/aromatic N) is 3. The van der Waals surface area contributed by atoms with Crippen LogP contribution in [0.3, 0.4) is 0 Å². The molecular weight excluding hydrogens is 538 g/mol.